The van der Waals surface area contributed by atoms with Gasteiger partial charge in [0.25, 0.3) is 0 Å². The average molecular weight is 271 g/mol. The summed E-state index contributed by atoms with van der Waals surface area (Å²) in [4.78, 5) is 13.6. The maximum absolute atomic E-state index is 11.4. The lowest BCUT2D eigenvalue weighted by molar-refractivity contribution is 0.112. The van der Waals surface area contributed by atoms with E-state index in [9.17, 15) is 4.79 Å². The maximum atomic E-state index is 11.4. The largest absolute Gasteiger partial charge is 0.326 e. The maximum Gasteiger partial charge on any atom is 0.155 e. The Labute approximate surface area is 120 Å². The lowest BCUT2D eigenvalue weighted by atomic mass is 10.2. The van der Waals surface area contributed by atoms with Crippen molar-refractivity contribution in [1.29, 1.82) is 0 Å². The van der Waals surface area contributed by atoms with Gasteiger partial charge in [-0.15, -0.1) is 0 Å². The zero-order valence-corrected chi connectivity index (χ0v) is 12.3. The minimum atomic E-state index is 0.674. The molecule has 0 radical (unpaired) electrons. The summed E-state index contributed by atoms with van der Waals surface area (Å²) in [5, 5.41) is 4.38. The molecule has 20 heavy (non-hydrogen) atoms. The van der Waals surface area contributed by atoms with Gasteiger partial charge in [-0.3, -0.25) is 9.48 Å². The fourth-order valence-electron chi connectivity index (χ4n) is 2.40. The van der Waals surface area contributed by atoms with Crippen molar-refractivity contribution in [3.63, 3.8) is 0 Å². The zero-order valence-electron chi connectivity index (χ0n) is 12.3. The van der Waals surface area contributed by atoms with Crippen LogP contribution in [0, 0.1) is 6.92 Å². The van der Waals surface area contributed by atoms with Crippen LogP contribution in [0.2, 0.25) is 0 Å². The monoisotopic (exact) mass is 271 g/mol. The Hall–Kier alpha value is -2.10. The smallest absolute Gasteiger partial charge is 0.155 e. The van der Waals surface area contributed by atoms with Crippen LogP contribution in [0.15, 0.2) is 30.3 Å². The molecule has 1 heterocycles. The van der Waals surface area contributed by atoms with Gasteiger partial charge in [0.05, 0.1) is 11.3 Å². The van der Waals surface area contributed by atoms with Crippen molar-refractivity contribution in [2.75, 3.05) is 11.4 Å². The molecule has 0 amide bonds. The number of para-hydroxylation sites is 1. The normalized spacial score (nSPS) is 10.6. The molecule has 0 bridgehead atoms. The summed E-state index contributed by atoms with van der Waals surface area (Å²) in [6.07, 6.45) is 3.08. The number of hydrogen-bond donors (Lipinski definition) is 0. The molecule has 0 aliphatic rings. The lowest BCUT2D eigenvalue weighted by Gasteiger charge is -2.25. The molecule has 1 aromatic carbocycles. The summed E-state index contributed by atoms with van der Waals surface area (Å²) in [5.41, 5.74) is 2.54. The van der Waals surface area contributed by atoms with Gasteiger partial charge in [0, 0.05) is 19.3 Å². The van der Waals surface area contributed by atoms with Gasteiger partial charge in [-0.05, 0) is 25.5 Å². The van der Waals surface area contributed by atoms with Crippen LogP contribution in [0.1, 0.15) is 35.8 Å². The molecule has 0 unspecified atom stereocenters. The molecule has 0 fully saturated rings. The van der Waals surface area contributed by atoms with E-state index in [1.807, 2.05) is 32.2 Å². The van der Waals surface area contributed by atoms with Gasteiger partial charge >= 0.3 is 0 Å². The number of nitrogens with zero attached hydrogens (tertiary/aromatic N) is 3. The zero-order chi connectivity index (χ0) is 14.5. The number of anilines is 2. The SMILES string of the molecule is CCCCN(c1ccccc1)c1c(C=O)c(C)nn1C. The predicted molar refractivity (Wildman–Crippen MR) is 81.7 cm³/mol. The Morgan fingerprint density at radius 3 is 2.60 bits per heavy atom. The van der Waals surface area contributed by atoms with Crippen LogP contribution < -0.4 is 4.90 Å². The standard InChI is InChI=1S/C16H21N3O/c1-4-5-11-19(14-9-7-6-8-10-14)16-15(12-20)13(2)17-18(16)3/h6-10,12H,4-5,11H2,1-3H3. The summed E-state index contributed by atoms with van der Waals surface area (Å²) in [5.74, 6) is 0.872. The summed E-state index contributed by atoms with van der Waals surface area (Å²) in [7, 11) is 1.89. The molecule has 2 rings (SSSR count). The molecule has 4 nitrogen and oxygen atoms in total. The first kappa shape index (κ1) is 14.3. The molecular formula is C16H21N3O. The number of unbranched alkanes of at least 4 members (excludes halogenated alkanes) is 1. The van der Waals surface area contributed by atoms with E-state index in [-0.39, 0.29) is 0 Å². The van der Waals surface area contributed by atoms with E-state index in [1.54, 1.807) is 4.68 Å². The van der Waals surface area contributed by atoms with Crippen LogP contribution in [0.3, 0.4) is 0 Å². The van der Waals surface area contributed by atoms with E-state index >= 15 is 0 Å². The van der Waals surface area contributed by atoms with Crippen LogP contribution in [-0.4, -0.2) is 22.6 Å². The Kier molecular flexibility index (Phi) is 4.56. The third kappa shape index (κ3) is 2.74. The Morgan fingerprint density at radius 2 is 2.00 bits per heavy atom. The highest BCUT2D eigenvalue weighted by atomic mass is 16.1. The van der Waals surface area contributed by atoms with Crippen LogP contribution in [0.5, 0.6) is 0 Å². The number of aryl methyl sites for hydroxylation is 2. The van der Waals surface area contributed by atoms with Crippen molar-refractivity contribution >= 4 is 17.8 Å². The van der Waals surface area contributed by atoms with Crippen molar-refractivity contribution in [2.24, 2.45) is 7.05 Å². The highest BCUT2D eigenvalue weighted by molar-refractivity contribution is 5.86. The number of aromatic nitrogens is 2. The van der Waals surface area contributed by atoms with Gasteiger partial charge in [-0.25, -0.2) is 0 Å². The van der Waals surface area contributed by atoms with Crippen molar-refractivity contribution < 1.29 is 4.79 Å². The van der Waals surface area contributed by atoms with Crippen LogP contribution in [-0.2, 0) is 7.05 Å². The first-order valence-corrected chi connectivity index (χ1v) is 7.00. The molecular weight excluding hydrogens is 250 g/mol. The second-order valence-electron chi connectivity index (χ2n) is 4.90. The second-order valence-corrected chi connectivity index (χ2v) is 4.90. The van der Waals surface area contributed by atoms with Crippen molar-refractivity contribution in [3.05, 3.63) is 41.6 Å². The fraction of sp³-hybridized carbons (Fsp3) is 0.375. The highest BCUT2D eigenvalue weighted by Gasteiger charge is 2.19. The predicted octanol–water partition coefficient (Wildman–Crippen LogP) is 3.48. The number of carbonyl (C=O) groups excluding carboxylic acids is 1. The summed E-state index contributed by atoms with van der Waals surface area (Å²) in [6, 6.07) is 10.1. The molecule has 106 valence electrons. The summed E-state index contributed by atoms with van der Waals surface area (Å²) >= 11 is 0. The number of hydrogen-bond acceptors (Lipinski definition) is 3. The van der Waals surface area contributed by atoms with Crippen LogP contribution >= 0.6 is 0 Å². The highest BCUT2D eigenvalue weighted by Crippen LogP contribution is 2.29. The minimum absolute atomic E-state index is 0.674. The van der Waals surface area contributed by atoms with Crippen molar-refractivity contribution in [2.45, 2.75) is 26.7 Å². The van der Waals surface area contributed by atoms with E-state index in [0.717, 1.165) is 42.9 Å². The second kappa shape index (κ2) is 6.37. The van der Waals surface area contributed by atoms with Gasteiger partial charge in [0.15, 0.2) is 6.29 Å². The van der Waals surface area contributed by atoms with Crippen molar-refractivity contribution in [1.82, 2.24) is 9.78 Å². The molecule has 0 aliphatic heterocycles. The third-order valence-corrected chi connectivity index (χ3v) is 3.41. The average Bonchev–Trinajstić information content (AvgIpc) is 2.75. The number of benzene rings is 1. The van der Waals surface area contributed by atoms with E-state index in [2.05, 4.69) is 29.1 Å². The molecule has 0 spiro atoms. The number of carbonyl (C=O) groups is 1. The van der Waals surface area contributed by atoms with Gasteiger partial charge in [-0.1, -0.05) is 31.5 Å². The van der Waals surface area contributed by atoms with Gasteiger partial charge in [0.2, 0.25) is 0 Å². The molecule has 0 saturated heterocycles. The quantitative estimate of drug-likeness (QED) is 0.755. The topological polar surface area (TPSA) is 38.1 Å². The fourth-order valence-corrected chi connectivity index (χ4v) is 2.40. The Bertz CT molecular complexity index is 575. The van der Waals surface area contributed by atoms with Gasteiger partial charge < -0.3 is 4.90 Å². The molecule has 2 aromatic rings. The first-order chi connectivity index (χ1) is 9.69. The first-order valence-electron chi connectivity index (χ1n) is 7.00. The van der Waals surface area contributed by atoms with Crippen molar-refractivity contribution in [3.8, 4) is 0 Å². The van der Waals surface area contributed by atoms with Gasteiger partial charge in [-0.2, -0.15) is 5.10 Å². The summed E-state index contributed by atoms with van der Waals surface area (Å²) < 4.78 is 1.79. The Balaban J connectivity index is 2.49. The Morgan fingerprint density at radius 1 is 1.30 bits per heavy atom. The molecule has 0 aliphatic carbocycles. The molecule has 0 saturated carbocycles. The minimum Gasteiger partial charge on any atom is -0.326 e. The molecule has 0 atom stereocenters. The molecule has 4 heteroatoms. The molecule has 0 N–H and O–H groups in total. The third-order valence-electron chi connectivity index (χ3n) is 3.41. The van der Waals surface area contributed by atoms with E-state index in [4.69, 9.17) is 0 Å². The lowest BCUT2D eigenvalue weighted by Crippen LogP contribution is -2.22. The van der Waals surface area contributed by atoms with E-state index < -0.39 is 0 Å². The number of aldehydes is 1. The van der Waals surface area contributed by atoms with E-state index in [1.165, 1.54) is 0 Å². The number of rotatable bonds is 6. The van der Waals surface area contributed by atoms with E-state index in [0.29, 0.717) is 5.56 Å². The summed E-state index contributed by atoms with van der Waals surface area (Å²) in [6.45, 7) is 4.91. The van der Waals surface area contributed by atoms with Crippen LogP contribution in [0.25, 0.3) is 0 Å². The van der Waals surface area contributed by atoms with Gasteiger partial charge in [0.1, 0.15) is 5.82 Å². The molecule has 1 aromatic heterocycles. The van der Waals surface area contributed by atoms with Crippen LogP contribution in [0.4, 0.5) is 11.5 Å².